The van der Waals surface area contributed by atoms with Crippen LogP contribution in [0.15, 0.2) is 12.4 Å². The van der Waals surface area contributed by atoms with Crippen LogP contribution >= 0.6 is 0 Å². The minimum atomic E-state index is 0.201. The molecule has 2 aromatic heterocycles. The zero-order valence-electron chi connectivity index (χ0n) is 14.4. The first-order valence-corrected chi connectivity index (χ1v) is 8.23. The molecule has 1 amide bonds. The van der Waals surface area contributed by atoms with E-state index in [4.69, 9.17) is 0 Å². The number of carbonyl (C=O) groups excluding carboxylic acids is 1. The maximum Gasteiger partial charge on any atom is 0.227 e. The summed E-state index contributed by atoms with van der Waals surface area (Å²) in [6.45, 7) is 7.64. The third kappa shape index (κ3) is 3.02. The van der Waals surface area contributed by atoms with Crippen LogP contribution in [0, 0.1) is 20.8 Å². The Labute approximate surface area is 137 Å². The molecule has 0 bridgehead atoms. The zero-order chi connectivity index (χ0) is 16.6. The lowest BCUT2D eigenvalue weighted by atomic mass is 10.0. The molecule has 1 saturated heterocycles. The van der Waals surface area contributed by atoms with Crippen LogP contribution in [-0.2, 0) is 18.3 Å². The SMILES string of the molecule is Cc1nn(C)c(C)c1CC(=O)N1CCC[C@@H](n2ccnc2C)C1. The van der Waals surface area contributed by atoms with Crippen molar-refractivity contribution in [3.8, 4) is 0 Å². The number of aromatic nitrogens is 4. The van der Waals surface area contributed by atoms with Crippen molar-refractivity contribution in [3.05, 3.63) is 35.2 Å². The number of nitrogens with zero attached hydrogens (tertiary/aromatic N) is 5. The lowest BCUT2D eigenvalue weighted by Gasteiger charge is -2.34. The highest BCUT2D eigenvalue weighted by atomic mass is 16.2. The van der Waals surface area contributed by atoms with Crippen LogP contribution in [0.1, 0.15) is 41.7 Å². The summed E-state index contributed by atoms with van der Waals surface area (Å²) in [6, 6.07) is 0.339. The highest BCUT2D eigenvalue weighted by molar-refractivity contribution is 5.79. The van der Waals surface area contributed by atoms with Gasteiger partial charge in [0.15, 0.2) is 0 Å². The second-order valence-electron chi connectivity index (χ2n) is 6.47. The van der Waals surface area contributed by atoms with E-state index in [-0.39, 0.29) is 5.91 Å². The van der Waals surface area contributed by atoms with E-state index in [1.807, 2.05) is 49.8 Å². The van der Waals surface area contributed by atoms with Gasteiger partial charge in [0.05, 0.1) is 18.2 Å². The van der Waals surface area contributed by atoms with Gasteiger partial charge in [-0.05, 0) is 33.6 Å². The molecule has 1 aliphatic rings. The summed E-state index contributed by atoms with van der Waals surface area (Å²) < 4.78 is 4.05. The van der Waals surface area contributed by atoms with Gasteiger partial charge < -0.3 is 9.47 Å². The van der Waals surface area contributed by atoms with Crippen molar-refractivity contribution in [1.29, 1.82) is 0 Å². The van der Waals surface area contributed by atoms with E-state index >= 15 is 0 Å². The molecule has 6 nitrogen and oxygen atoms in total. The van der Waals surface area contributed by atoms with Crippen LogP contribution in [0.3, 0.4) is 0 Å². The number of likely N-dealkylation sites (tertiary alicyclic amines) is 1. The standard InChI is InChI=1S/C17H25N5O/c1-12-16(13(2)20(4)19-12)10-17(23)21-8-5-6-15(11-21)22-9-7-18-14(22)3/h7,9,15H,5-6,8,10-11H2,1-4H3/t15-/m1/s1. The molecule has 0 N–H and O–H groups in total. The maximum absolute atomic E-state index is 12.7. The van der Waals surface area contributed by atoms with Gasteiger partial charge >= 0.3 is 0 Å². The number of piperidine rings is 1. The Morgan fingerprint density at radius 3 is 2.74 bits per heavy atom. The van der Waals surface area contributed by atoms with E-state index in [0.29, 0.717) is 12.5 Å². The Bertz CT molecular complexity index is 715. The summed E-state index contributed by atoms with van der Waals surface area (Å²) >= 11 is 0. The van der Waals surface area contributed by atoms with Gasteiger partial charge in [0.25, 0.3) is 0 Å². The molecule has 3 heterocycles. The van der Waals surface area contributed by atoms with Gasteiger partial charge in [-0.1, -0.05) is 0 Å². The van der Waals surface area contributed by atoms with E-state index in [1.54, 1.807) is 0 Å². The Morgan fingerprint density at radius 1 is 1.35 bits per heavy atom. The summed E-state index contributed by atoms with van der Waals surface area (Å²) in [7, 11) is 1.93. The van der Waals surface area contributed by atoms with Gasteiger partial charge in [-0.25, -0.2) is 4.98 Å². The van der Waals surface area contributed by atoms with Gasteiger partial charge in [-0.2, -0.15) is 5.10 Å². The fourth-order valence-electron chi connectivity index (χ4n) is 3.52. The van der Waals surface area contributed by atoms with Crippen LogP contribution in [0.5, 0.6) is 0 Å². The number of rotatable bonds is 3. The minimum absolute atomic E-state index is 0.201. The van der Waals surface area contributed by atoms with Gasteiger partial charge in [0, 0.05) is 43.8 Å². The number of hydrogen-bond donors (Lipinski definition) is 0. The first-order chi connectivity index (χ1) is 11.0. The van der Waals surface area contributed by atoms with Crippen molar-refractivity contribution in [2.24, 2.45) is 7.05 Å². The van der Waals surface area contributed by atoms with Gasteiger partial charge in [-0.3, -0.25) is 9.48 Å². The van der Waals surface area contributed by atoms with Gasteiger partial charge in [0.2, 0.25) is 5.91 Å². The number of hydrogen-bond acceptors (Lipinski definition) is 3. The molecule has 1 atom stereocenters. The van der Waals surface area contributed by atoms with Crippen LogP contribution in [0.25, 0.3) is 0 Å². The summed E-state index contributed by atoms with van der Waals surface area (Å²) in [5, 5.41) is 4.41. The predicted octanol–water partition coefficient (Wildman–Crippen LogP) is 1.95. The first kappa shape index (κ1) is 15.8. The highest BCUT2D eigenvalue weighted by Gasteiger charge is 2.26. The first-order valence-electron chi connectivity index (χ1n) is 8.23. The summed E-state index contributed by atoms with van der Waals surface area (Å²) in [4.78, 5) is 19.0. The number of aryl methyl sites for hydroxylation is 3. The Morgan fingerprint density at radius 2 is 2.13 bits per heavy atom. The highest BCUT2D eigenvalue weighted by Crippen LogP contribution is 2.24. The quantitative estimate of drug-likeness (QED) is 0.870. The van der Waals surface area contributed by atoms with Crippen molar-refractivity contribution in [2.45, 2.75) is 46.1 Å². The second-order valence-corrected chi connectivity index (χ2v) is 6.47. The van der Waals surface area contributed by atoms with Gasteiger partial charge in [0.1, 0.15) is 5.82 Å². The molecule has 1 aliphatic heterocycles. The largest absolute Gasteiger partial charge is 0.340 e. The van der Waals surface area contributed by atoms with Crippen LogP contribution < -0.4 is 0 Å². The topological polar surface area (TPSA) is 56.0 Å². The molecule has 0 radical (unpaired) electrons. The minimum Gasteiger partial charge on any atom is -0.340 e. The Kier molecular flexibility index (Phi) is 4.24. The van der Waals surface area contributed by atoms with E-state index in [1.165, 1.54) is 0 Å². The molecule has 124 valence electrons. The molecule has 3 rings (SSSR count). The third-order valence-corrected chi connectivity index (χ3v) is 4.99. The average molecular weight is 315 g/mol. The summed E-state index contributed by atoms with van der Waals surface area (Å²) in [6.07, 6.45) is 6.44. The molecule has 6 heteroatoms. The lowest BCUT2D eigenvalue weighted by molar-refractivity contribution is -0.132. The number of imidazole rings is 1. The average Bonchev–Trinajstić information content (AvgIpc) is 3.06. The van der Waals surface area contributed by atoms with Crippen molar-refractivity contribution >= 4 is 5.91 Å². The molecular weight excluding hydrogens is 290 g/mol. The van der Waals surface area contributed by atoms with Crippen molar-refractivity contribution in [3.63, 3.8) is 0 Å². The molecule has 0 spiro atoms. The fourth-order valence-corrected chi connectivity index (χ4v) is 3.52. The van der Waals surface area contributed by atoms with Crippen molar-refractivity contribution < 1.29 is 4.79 Å². The third-order valence-electron chi connectivity index (χ3n) is 4.99. The normalized spacial score (nSPS) is 18.4. The van der Waals surface area contributed by atoms with Crippen molar-refractivity contribution in [1.82, 2.24) is 24.2 Å². The molecular formula is C17H25N5O. The lowest BCUT2D eigenvalue weighted by Crippen LogP contribution is -2.41. The molecule has 0 aromatic carbocycles. The molecule has 23 heavy (non-hydrogen) atoms. The Hall–Kier alpha value is -2.11. The summed E-state index contributed by atoms with van der Waals surface area (Å²) in [5.41, 5.74) is 3.10. The number of amides is 1. The van der Waals surface area contributed by atoms with E-state index < -0.39 is 0 Å². The summed E-state index contributed by atoms with van der Waals surface area (Å²) in [5.74, 6) is 1.22. The smallest absolute Gasteiger partial charge is 0.227 e. The van der Waals surface area contributed by atoms with E-state index in [9.17, 15) is 4.79 Å². The van der Waals surface area contributed by atoms with E-state index in [2.05, 4.69) is 14.6 Å². The van der Waals surface area contributed by atoms with Gasteiger partial charge in [-0.15, -0.1) is 0 Å². The monoisotopic (exact) mass is 315 g/mol. The zero-order valence-corrected chi connectivity index (χ0v) is 14.4. The molecule has 0 saturated carbocycles. The Balaban J connectivity index is 1.71. The molecule has 1 fully saturated rings. The maximum atomic E-state index is 12.7. The van der Waals surface area contributed by atoms with Crippen LogP contribution in [-0.4, -0.2) is 43.2 Å². The van der Waals surface area contributed by atoms with Crippen molar-refractivity contribution in [2.75, 3.05) is 13.1 Å². The number of carbonyl (C=O) groups is 1. The molecule has 0 aliphatic carbocycles. The predicted molar refractivity (Wildman–Crippen MR) is 88.2 cm³/mol. The molecule has 0 unspecified atom stereocenters. The second kappa shape index (κ2) is 6.18. The van der Waals surface area contributed by atoms with Crippen LogP contribution in [0.4, 0.5) is 0 Å². The fraction of sp³-hybridized carbons (Fsp3) is 0.588. The van der Waals surface area contributed by atoms with Crippen LogP contribution in [0.2, 0.25) is 0 Å². The van der Waals surface area contributed by atoms with E-state index in [0.717, 1.165) is 48.7 Å². The molecule has 2 aromatic rings.